The van der Waals surface area contributed by atoms with Crippen LogP contribution in [0, 0.1) is 0 Å². The third-order valence-corrected chi connectivity index (χ3v) is 3.58. The predicted octanol–water partition coefficient (Wildman–Crippen LogP) is 2.04. The standard InChI is InChI=1S/C15H22N2O2/c1-2-19-14-9-4-3-8-13(14)15(18)17-10-6-5-7-12(17)11-16/h3-4,8-9,12H,2,5-7,10-11,16H2,1H3. The maximum atomic E-state index is 12.7. The van der Waals surface area contributed by atoms with E-state index in [9.17, 15) is 4.79 Å². The van der Waals surface area contributed by atoms with E-state index in [1.807, 2.05) is 36.1 Å². The molecule has 2 N–H and O–H groups in total. The highest BCUT2D eigenvalue weighted by molar-refractivity contribution is 5.97. The molecular formula is C15H22N2O2. The highest BCUT2D eigenvalue weighted by atomic mass is 16.5. The summed E-state index contributed by atoms with van der Waals surface area (Å²) in [5.74, 6) is 0.704. The molecule has 1 saturated heterocycles. The molecule has 1 aromatic carbocycles. The summed E-state index contributed by atoms with van der Waals surface area (Å²) in [6, 6.07) is 7.60. The molecule has 1 unspecified atom stereocenters. The predicted molar refractivity (Wildman–Crippen MR) is 75.3 cm³/mol. The maximum Gasteiger partial charge on any atom is 0.257 e. The highest BCUT2D eigenvalue weighted by Crippen LogP contribution is 2.24. The smallest absolute Gasteiger partial charge is 0.257 e. The van der Waals surface area contributed by atoms with Gasteiger partial charge in [0.25, 0.3) is 5.91 Å². The SMILES string of the molecule is CCOc1ccccc1C(=O)N1CCCCC1CN. The number of carbonyl (C=O) groups excluding carboxylic acids is 1. The number of rotatable bonds is 4. The minimum Gasteiger partial charge on any atom is -0.493 e. The number of ether oxygens (including phenoxy) is 1. The van der Waals surface area contributed by atoms with E-state index >= 15 is 0 Å². The molecule has 1 heterocycles. The summed E-state index contributed by atoms with van der Waals surface area (Å²) in [7, 11) is 0. The minimum absolute atomic E-state index is 0.0409. The number of hydrogen-bond acceptors (Lipinski definition) is 3. The molecular weight excluding hydrogens is 240 g/mol. The topological polar surface area (TPSA) is 55.6 Å². The molecule has 0 aliphatic carbocycles. The van der Waals surface area contributed by atoms with Crippen molar-refractivity contribution >= 4 is 5.91 Å². The van der Waals surface area contributed by atoms with Crippen LogP contribution in [0.25, 0.3) is 0 Å². The normalized spacial score (nSPS) is 19.3. The van der Waals surface area contributed by atoms with Crippen LogP contribution in [0.15, 0.2) is 24.3 Å². The first kappa shape index (κ1) is 13.9. The van der Waals surface area contributed by atoms with Crippen molar-refractivity contribution in [1.82, 2.24) is 4.90 Å². The van der Waals surface area contributed by atoms with Gasteiger partial charge in [0.1, 0.15) is 5.75 Å². The van der Waals surface area contributed by atoms with Gasteiger partial charge in [-0.1, -0.05) is 12.1 Å². The van der Waals surface area contributed by atoms with Gasteiger partial charge in [0, 0.05) is 19.1 Å². The molecule has 1 amide bonds. The van der Waals surface area contributed by atoms with Crippen molar-refractivity contribution in [2.45, 2.75) is 32.2 Å². The fourth-order valence-electron chi connectivity index (χ4n) is 2.59. The number of piperidine rings is 1. The monoisotopic (exact) mass is 262 g/mol. The lowest BCUT2D eigenvalue weighted by Gasteiger charge is -2.35. The number of likely N-dealkylation sites (tertiary alicyclic amines) is 1. The van der Waals surface area contributed by atoms with Crippen molar-refractivity contribution < 1.29 is 9.53 Å². The largest absolute Gasteiger partial charge is 0.493 e. The van der Waals surface area contributed by atoms with Crippen LogP contribution < -0.4 is 10.5 Å². The van der Waals surface area contributed by atoms with E-state index in [2.05, 4.69) is 0 Å². The lowest BCUT2D eigenvalue weighted by molar-refractivity contribution is 0.0619. The molecule has 104 valence electrons. The number of benzene rings is 1. The Morgan fingerprint density at radius 3 is 2.95 bits per heavy atom. The van der Waals surface area contributed by atoms with Gasteiger partial charge in [-0.3, -0.25) is 4.79 Å². The Balaban J connectivity index is 2.22. The Morgan fingerprint density at radius 2 is 2.21 bits per heavy atom. The molecule has 1 atom stereocenters. The number of nitrogens with two attached hydrogens (primary N) is 1. The van der Waals surface area contributed by atoms with Gasteiger partial charge in [-0.2, -0.15) is 0 Å². The van der Waals surface area contributed by atoms with Crippen molar-refractivity contribution in [2.24, 2.45) is 5.73 Å². The number of nitrogens with zero attached hydrogens (tertiary/aromatic N) is 1. The average Bonchev–Trinajstić information content (AvgIpc) is 2.47. The molecule has 1 fully saturated rings. The zero-order chi connectivity index (χ0) is 13.7. The van der Waals surface area contributed by atoms with E-state index < -0.39 is 0 Å². The zero-order valence-electron chi connectivity index (χ0n) is 11.5. The van der Waals surface area contributed by atoms with Crippen LogP contribution in [0.5, 0.6) is 5.75 Å². The maximum absolute atomic E-state index is 12.7. The molecule has 0 spiro atoms. The minimum atomic E-state index is 0.0409. The molecule has 0 radical (unpaired) electrons. The first-order chi connectivity index (χ1) is 9.27. The second kappa shape index (κ2) is 6.57. The third kappa shape index (κ3) is 3.07. The average molecular weight is 262 g/mol. The summed E-state index contributed by atoms with van der Waals surface area (Å²) >= 11 is 0. The fourth-order valence-corrected chi connectivity index (χ4v) is 2.59. The van der Waals surface area contributed by atoms with E-state index in [1.165, 1.54) is 0 Å². The van der Waals surface area contributed by atoms with Crippen molar-refractivity contribution in [2.75, 3.05) is 19.7 Å². The van der Waals surface area contributed by atoms with E-state index in [1.54, 1.807) is 0 Å². The van der Waals surface area contributed by atoms with Gasteiger partial charge in [0.2, 0.25) is 0 Å². The van der Waals surface area contributed by atoms with Gasteiger partial charge in [-0.25, -0.2) is 0 Å². The molecule has 0 saturated carbocycles. The first-order valence-electron chi connectivity index (χ1n) is 7.00. The fraction of sp³-hybridized carbons (Fsp3) is 0.533. The van der Waals surface area contributed by atoms with Crippen LogP contribution in [0.4, 0.5) is 0 Å². The number of carbonyl (C=O) groups is 1. The number of amides is 1. The summed E-state index contributed by atoms with van der Waals surface area (Å²) < 4.78 is 5.54. The van der Waals surface area contributed by atoms with Crippen LogP contribution in [-0.4, -0.2) is 36.5 Å². The Hall–Kier alpha value is -1.55. The summed E-state index contributed by atoms with van der Waals surface area (Å²) in [6.45, 7) is 3.80. The van der Waals surface area contributed by atoms with Crippen molar-refractivity contribution in [1.29, 1.82) is 0 Å². The summed E-state index contributed by atoms with van der Waals surface area (Å²) in [5.41, 5.74) is 6.42. The molecule has 0 bridgehead atoms. The van der Waals surface area contributed by atoms with Crippen molar-refractivity contribution in [3.05, 3.63) is 29.8 Å². The second-order valence-corrected chi connectivity index (χ2v) is 4.81. The molecule has 0 aromatic heterocycles. The quantitative estimate of drug-likeness (QED) is 0.903. The van der Waals surface area contributed by atoms with Gasteiger partial charge in [-0.15, -0.1) is 0 Å². The molecule has 1 aromatic rings. The summed E-state index contributed by atoms with van der Waals surface area (Å²) in [4.78, 5) is 14.6. The molecule has 4 heteroatoms. The van der Waals surface area contributed by atoms with E-state index in [-0.39, 0.29) is 11.9 Å². The van der Waals surface area contributed by atoms with E-state index in [0.717, 1.165) is 25.8 Å². The molecule has 19 heavy (non-hydrogen) atoms. The number of hydrogen-bond donors (Lipinski definition) is 1. The van der Waals surface area contributed by atoms with Gasteiger partial charge < -0.3 is 15.4 Å². The van der Waals surface area contributed by atoms with Crippen LogP contribution in [-0.2, 0) is 0 Å². The number of para-hydroxylation sites is 1. The van der Waals surface area contributed by atoms with Crippen molar-refractivity contribution in [3.63, 3.8) is 0 Å². The Labute approximate surface area is 114 Å². The van der Waals surface area contributed by atoms with Gasteiger partial charge in [0.15, 0.2) is 0 Å². The van der Waals surface area contributed by atoms with Crippen LogP contribution in [0.2, 0.25) is 0 Å². The Kier molecular flexibility index (Phi) is 4.80. The Morgan fingerprint density at radius 1 is 1.42 bits per heavy atom. The van der Waals surface area contributed by atoms with Crippen LogP contribution in [0.1, 0.15) is 36.5 Å². The van der Waals surface area contributed by atoms with Gasteiger partial charge in [0.05, 0.1) is 12.2 Å². The molecule has 4 nitrogen and oxygen atoms in total. The Bertz CT molecular complexity index is 434. The summed E-state index contributed by atoms with van der Waals surface area (Å²) in [6.07, 6.45) is 3.21. The van der Waals surface area contributed by atoms with Crippen LogP contribution in [0.3, 0.4) is 0 Å². The second-order valence-electron chi connectivity index (χ2n) is 4.81. The van der Waals surface area contributed by atoms with Gasteiger partial charge >= 0.3 is 0 Å². The zero-order valence-corrected chi connectivity index (χ0v) is 11.5. The lowest BCUT2D eigenvalue weighted by atomic mass is 10.0. The highest BCUT2D eigenvalue weighted by Gasteiger charge is 2.27. The van der Waals surface area contributed by atoms with E-state index in [4.69, 9.17) is 10.5 Å². The summed E-state index contributed by atoms with van der Waals surface area (Å²) in [5, 5.41) is 0. The molecule has 1 aliphatic rings. The first-order valence-corrected chi connectivity index (χ1v) is 7.00. The van der Waals surface area contributed by atoms with Crippen molar-refractivity contribution in [3.8, 4) is 5.75 Å². The molecule has 2 rings (SSSR count). The molecule has 1 aliphatic heterocycles. The van der Waals surface area contributed by atoms with E-state index in [0.29, 0.717) is 24.5 Å². The van der Waals surface area contributed by atoms with Crippen LogP contribution >= 0.6 is 0 Å². The third-order valence-electron chi connectivity index (χ3n) is 3.58. The van der Waals surface area contributed by atoms with Gasteiger partial charge in [-0.05, 0) is 38.3 Å². The lowest BCUT2D eigenvalue weighted by Crippen LogP contribution is -2.47.